The fraction of sp³-hybridized carbons (Fsp3) is 0.750. The Balaban J connectivity index is 0. The van der Waals surface area contributed by atoms with Gasteiger partial charge in [-0.2, -0.15) is 0 Å². The summed E-state index contributed by atoms with van der Waals surface area (Å²) in [6.07, 6.45) is 0. The van der Waals surface area contributed by atoms with Gasteiger partial charge in [-0.3, -0.25) is 0 Å². The van der Waals surface area contributed by atoms with Crippen LogP contribution >= 0.6 is 0 Å². The first-order valence-corrected chi connectivity index (χ1v) is 4.69. The second kappa shape index (κ2) is 7.27. The lowest BCUT2D eigenvalue weighted by molar-refractivity contribution is 0.670. The predicted octanol–water partition coefficient (Wildman–Crippen LogP) is 4.62. The molecule has 0 radical (unpaired) electrons. The topological polar surface area (TPSA) is 0 Å². The molecule has 0 rings (SSSR count). The standard InChI is InChI=1S/C6H13.C6H12/c2*1-5(2)6(3)4/h5H,1-4H3;1-4H3/q+1;. The summed E-state index contributed by atoms with van der Waals surface area (Å²) in [5.74, 6) is 2.28. The molecular formula is C12H25+. The van der Waals surface area contributed by atoms with Crippen molar-refractivity contribution in [2.24, 2.45) is 5.92 Å². The summed E-state index contributed by atoms with van der Waals surface area (Å²) in [5, 5.41) is 0. The molecule has 72 valence electrons. The van der Waals surface area contributed by atoms with E-state index in [1.54, 1.807) is 0 Å². The van der Waals surface area contributed by atoms with Crippen LogP contribution in [-0.2, 0) is 0 Å². The smallest absolute Gasteiger partial charge is 0.0778 e. The van der Waals surface area contributed by atoms with E-state index >= 15 is 0 Å². The number of hydrogen-bond acceptors (Lipinski definition) is 0. The van der Waals surface area contributed by atoms with E-state index in [2.05, 4.69) is 55.4 Å². The summed E-state index contributed by atoms with van der Waals surface area (Å²) < 4.78 is 0. The molecule has 0 aromatic rings. The van der Waals surface area contributed by atoms with E-state index in [1.807, 2.05) is 0 Å². The largest absolute Gasteiger partial charge is 0.0940 e. The first-order chi connectivity index (χ1) is 5.29. The number of rotatable bonds is 1. The molecule has 0 spiro atoms. The summed E-state index contributed by atoms with van der Waals surface area (Å²) in [6.45, 7) is 17.2. The van der Waals surface area contributed by atoms with Crippen molar-refractivity contribution in [3.05, 3.63) is 17.1 Å². The van der Waals surface area contributed by atoms with E-state index in [0.717, 1.165) is 5.92 Å². The van der Waals surface area contributed by atoms with Gasteiger partial charge in [0.05, 0.1) is 25.7 Å². The van der Waals surface area contributed by atoms with Crippen molar-refractivity contribution >= 4 is 0 Å². The monoisotopic (exact) mass is 169 g/mol. The van der Waals surface area contributed by atoms with Crippen molar-refractivity contribution in [3.63, 3.8) is 0 Å². The summed E-state index contributed by atoms with van der Waals surface area (Å²) >= 11 is 0. The van der Waals surface area contributed by atoms with Crippen LogP contribution in [0.5, 0.6) is 0 Å². The van der Waals surface area contributed by atoms with Gasteiger partial charge < -0.3 is 0 Å². The first kappa shape index (κ1) is 14.2. The van der Waals surface area contributed by atoms with E-state index in [-0.39, 0.29) is 0 Å². The summed E-state index contributed by atoms with van der Waals surface area (Å²) in [5.41, 5.74) is 2.85. The molecule has 0 unspecified atom stereocenters. The van der Waals surface area contributed by atoms with Crippen LogP contribution < -0.4 is 0 Å². The number of allylic oxidation sites excluding steroid dienone is 2. The maximum absolute atomic E-state index is 2.20. The van der Waals surface area contributed by atoms with E-state index in [9.17, 15) is 0 Å². The fourth-order valence-corrected chi connectivity index (χ4v) is 0. The molecule has 0 bridgehead atoms. The lowest BCUT2D eigenvalue weighted by Gasteiger charge is -1.93. The van der Waals surface area contributed by atoms with E-state index < -0.39 is 0 Å². The molecule has 0 aliphatic rings. The molecule has 0 heteroatoms. The van der Waals surface area contributed by atoms with Crippen LogP contribution in [0.25, 0.3) is 0 Å². The molecule has 0 aliphatic carbocycles. The van der Waals surface area contributed by atoms with Crippen molar-refractivity contribution < 1.29 is 0 Å². The third-order valence-electron chi connectivity index (χ3n) is 2.15. The van der Waals surface area contributed by atoms with Crippen molar-refractivity contribution in [2.45, 2.75) is 55.4 Å². The molecule has 0 fully saturated rings. The van der Waals surface area contributed by atoms with Crippen molar-refractivity contribution in [1.29, 1.82) is 0 Å². The third-order valence-corrected chi connectivity index (χ3v) is 2.15. The molecule has 0 aliphatic heterocycles. The zero-order valence-corrected chi connectivity index (χ0v) is 10.1. The molecule has 0 aromatic heterocycles. The van der Waals surface area contributed by atoms with Crippen LogP contribution in [0.15, 0.2) is 11.1 Å². The maximum Gasteiger partial charge on any atom is 0.0940 e. The van der Waals surface area contributed by atoms with Crippen LogP contribution in [0, 0.1) is 11.8 Å². The Hall–Kier alpha value is -0.390. The summed E-state index contributed by atoms with van der Waals surface area (Å²) in [7, 11) is 0. The Labute approximate surface area is 79.1 Å². The van der Waals surface area contributed by atoms with E-state index in [4.69, 9.17) is 0 Å². The zero-order valence-electron chi connectivity index (χ0n) is 10.1. The summed E-state index contributed by atoms with van der Waals surface area (Å²) in [4.78, 5) is 0. The molecule has 0 heterocycles. The quantitative estimate of drug-likeness (QED) is 0.397. The van der Waals surface area contributed by atoms with Gasteiger partial charge in [0, 0.05) is 0 Å². The van der Waals surface area contributed by atoms with Gasteiger partial charge in [0.15, 0.2) is 0 Å². The van der Waals surface area contributed by atoms with Gasteiger partial charge in [0.25, 0.3) is 0 Å². The van der Waals surface area contributed by atoms with Gasteiger partial charge in [-0.05, 0) is 41.5 Å². The normalized spacial score (nSPS) is 8.75. The van der Waals surface area contributed by atoms with Crippen molar-refractivity contribution in [3.8, 4) is 0 Å². The highest BCUT2D eigenvalue weighted by Gasteiger charge is 2.07. The van der Waals surface area contributed by atoms with Gasteiger partial charge >= 0.3 is 0 Å². The second-order valence-corrected chi connectivity index (χ2v) is 4.23. The lowest BCUT2D eigenvalue weighted by atomic mass is 10.0. The van der Waals surface area contributed by atoms with Gasteiger partial charge in [-0.25, -0.2) is 0 Å². The van der Waals surface area contributed by atoms with Crippen molar-refractivity contribution in [2.75, 3.05) is 0 Å². The van der Waals surface area contributed by atoms with Crippen LogP contribution in [0.1, 0.15) is 55.4 Å². The minimum Gasteiger partial charge on any atom is -0.0778 e. The molecule has 0 saturated carbocycles. The maximum atomic E-state index is 2.20. The Bertz CT molecular complexity index is 103. The lowest BCUT2D eigenvalue weighted by Crippen LogP contribution is -1.93. The van der Waals surface area contributed by atoms with Crippen molar-refractivity contribution in [1.82, 2.24) is 0 Å². The van der Waals surface area contributed by atoms with Crippen LogP contribution in [0.4, 0.5) is 0 Å². The molecule has 12 heavy (non-hydrogen) atoms. The Morgan fingerprint density at radius 1 is 0.833 bits per heavy atom. The van der Waals surface area contributed by atoms with E-state index in [0.29, 0.717) is 0 Å². The molecule has 0 saturated heterocycles. The SMILES string of the molecule is CC(C)=C(C)C.C[C+](C)C(C)C. The third kappa shape index (κ3) is 12.3. The average Bonchev–Trinajstić information content (AvgIpc) is 1.88. The van der Waals surface area contributed by atoms with E-state index in [1.165, 1.54) is 17.1 Å². The zero-order chi connectivity index (χ0) is 10.3. The second-order valence-electron chi connectivity index (χ2n) is 4.23. The van der Waals surface area contributed by atoms with Crippen LogP contribution in [0.2, 0.25) is 0 Å². The fourth-order valence-electron chi connectivity index (χ4n) is 0. The molecule has 0 atom stereocenters. The highest BCUT2D eigenvalue weighted by molar-refractivity contribution is 5.02. The molecule has 0 amide bonds. The highest BCUT2D eigenvalue weighted by Crippen LogP contribution is 2.08. The Kier molecular flexibility index (Phi) is 8.57. The Morgan fingerprint density at radius 2 is 1.00 bits per heavy atom. The van der Waals surface area contributed by atoms with Gasteiger partial charge in [-0.15, -0.1) is 0 Å². The van der Waals surface area contributed by atoms with Crippen LogP contribution in [-0.4, -0.2) is 0 Å². The Morgan fingerprint density at radius 3 is 1.00 bits per heavy atom. The minimum absolute atomic E-state index is 0.769. The first-order valence-electron chi connectivity index (χ1n) is 4.69. The van der Waals surface area contributed by atoms with Gasteiger partial charge in [-0.1, -0.05) is 11.1 Å². The number of hydrogen-bond donors (Lipinski definition) is 0. The van der Waals surface area contributed by atoms with Gasteiger partial charge in [0.2, 0.25) is 0 Å². The molecule has 0 aromatic carbocycles. The highest BCUT2D eigenvalue weighted by atomic mass is 14.0. The van der Waals surface area contributed by atoms with Crippen LogP contribution in [0.3, 0.4) is 0 Å². The average molecular weight is 169 g/mol. The predicted molar refractivity (Wildman–Crippen MR) is 59.2 cm³/mol. The summed E-state index contributed by atoms with van der Waals surface area (Å²) in [6, 6.07) is 0. The van der Waals surface area contributed by atoms with Gasteiger partial charge in [0.1, 0.15) is 0 Å². The minimum atomic E-state index is 0.769. The molecule has 0 N–H and O–H groups in total. The molecule has 0 nitrogen and oxygen atoms in total. The molecular weight excluding hydrogens is 144 g/mol.